The molecule has 0 N–H and O–H groups in total. The van der Waals surface area contributed by atoms with E-state index in [1.165, 1.54) is 0 Å². The Bertz CT molecular complexity index is 287. The average Bonchev–Trinajstić information content (AvgIpc) is 2.16. The third kappa shape index (κ3) is 2.38. The van der Waals surface area contributed by atoms with Gasteiger partial charge in [-0.2, -0.15) is 0 Å². The lowest BCUT2D eigenvalue weighted by molar-refractivity contribution is 0.352. The van der Waals surface area contributed by atoms with E-state index >= 15 is 0 Å². The van der Waals surface area contributed by atoms with Crippen molar-refractivity contribution in [1.82, 2.24) is 0 Å². The number of halogens is 2. The van der Waals surface area contributed by atoms with Gasteiger partial charge in [0.25, 0.3) is 0 Å². The van der Waals surface area contributed by atoms with E-state index in [1.54, 1.807) is 14.2 Å². The normalized spacial score (nSPS) is 10.2. The van der Waals surface area contributed by atoms with Gasteiger partial charge in [-0.15, -0.1) is 0 Å². The Labute approximate surface area is 94.5 Å². The predicted octanol–water partition coefficient (Wildman–Crippen LogP) is 3.49. The van der Waals surface area contributed by atoms with E-state index in [1.807, 2.05) is 18.2 Å². The topological polar surface area (TPSA) is 18.5 Å². The number of ether oxygens (including phenoxy) is 2. The highest BCUT2D eigenvalue weighted by molar-refractivity contribution is 9.24. The van der Waals surface area contributed by atoms with Crippen molar-refractivity contribution < 1.29 is 9.47 Å². The zero-order valence-electron chi connectivity index (χ0n) is 7.38. The van der Waals surface area contributed by atoms with E-state index in [0.29, 0.717) is 0 Å². The molecule has 1 aromatic carbocycles. The monoisotopic (exact) mass is 308 g/mol. The van der Waals surface area contributed by atoms with Crippen molar-refractivity contribution in [2.75, 3.05) is 14.2 Å². The lowest BCUT2D eigenvalue weighted by Gasteiger charge is -2.12. The maximum Gasteiger partial charge on any atom is 0.165 e. The highest BCUT2D eigenvalue weighted by atomic mass is 79.9. The van der Waals surface area contributed by atoms with Gasteiger partial charge in [-0.1, -0.05) is 44.0 Å². The maximum absolute atomic E-state index is 5.24. The summed E-state index contributed by atoms with van der Waals surface area (Å²) in [5.41, 5.74) is 1.02. The molecule has 1 rings (SSSR count). The molecule has 0 heterocycles. The Morgan fingerprint density at radius 3 is 2.31 bits per heavy atom. The fourth-order valence-electron chi connectivity index (χ4n) is 1.08. The Morgan fingerprint density at radius 2 is 1.85 bits per heavy atom. The summed E-state index contributed by atoms with van der Waals surface area (Å²) in [4.78, 5) is 0. The van der Waals surface area contributed by atoms with Crippen molar-refractivity contribution in [1.29, 1.82) is 0 Å². The largest absolute Gasteiger partial charge is 0.493 e. The SMILES string of the molecule is COc1cccc(C(Br)Br)c1OC. The van der Waals surface area contributed by atoms with Crippen LogP contribution in [0.15, 0.2) is 18.2 Å². The summed E-state index contributed by atoms with van der Waals surface area (Å²) >= 11 is 6.84. The van der Waals surface area contributed by atoms with Crippen LogP contribution in [0.5, 0.6) is 11.5 Å². The molecule has 0 aliphatic carbocycles. The van der Waals surface area contributed by atoms with Crippen molar-refractivity contribution in [3.05, 3.63) is 23.8 Å². The highest BCUT2D eigenvalue weighted by Gasteiger charge is 2.13. The molecule has 0 amide bonds. The van der Waals surface area contributed by atoms with Crippen molar-refractivity contribution in [2.45, 2.75) is 3.74 Å². The molecule has 0 spiro atoms. The van der Waals surface area contributed by atoms with Gasteiger partial charge in [0, 0.05) is 5.56 Å². The summed E-state index contributed by atoms with van der Waals surface area (Å²) in [6.45, 7) is 0. The van der Waals surface area contributed by atoms with Crippen molar-refractivity contribution in [3.8, 4) is 11.5 Å². The van der Waals surface area contributed by atoms with Crippen LogP contribution in [0.2, 0.25) is 0 Å². The van der Waals surface area contributed by atoms with Crippen LogP contribution in [-0.4, -0.2) is 14.2 Å². The first-order chi connectivity index (χ1) is 6.20. The minimum Gasteiger partial charge on any atom is -0.493 e. The Balaban J connectivity index is 3.19. The second-order valence-corrected chi connectivity index (χ2v) is 5.44. The first-order valence-corrected chi connectivity index (χ1v) is 5.53. The van der Waals surface area contributed by atoms with Crippen LogP contribution in [0.4, 0.5) is 0 Å². The van der Waals surface area contributed by atoms with Gasteiger partial charge in [-0.05, 0) is 6.07 Å². The van der Waals surface area contributed by atoms with Crippen LogP contribution in [0.1, 0.15) is 9.30 Å². The lowest BCUT2D eigenvalue weighted by Crippen LogP contribution is -1.94. The number of alkyl halides is 2. The summed E-state index contributed by atoms with van der Waals surface area (Å²) in [5, 5.41) is 0. The minimum absolute atomic E-state index is 0.0741. The van der Waals surface area contributed by atoms with E-state index in [4.69, 9.17) is 9.47 Å². The molecule has 0 aliphatic heterocycles. The van der Waals surface area contributed by atoms with E-state index in [9.17, 15) is 0 Å². The average molecular weight is 310 g/mol. The quantitative estimate of drug-likeness (QED) is 0.796. The second-order valence-electron chi connectivity index (χ2n) is 2.38. The molecular formula is C9H10Br2O2. The maximum atomic E-state index is 5.24. The summed E-state index contributed by atoms with van der Waals surface area (Å²) in [6, 6.07) is 5.76. The van der Waals surface area contributed by atoms with Crippen LogP contribution in [0.25, 0.3) is 0 Å². The standard InChI is InChI=1S/C9H10Br2O2/c1-12-7-5-3-4-6(9(10)11)8(7)13-2/h3-5,9H,1-2H3. The zero-order chi connectivity index (χ0) is 9.84. The minimum atomic E-state index is 0.0741. The van der Waals surface area contributed by atoms with Gasteiger partial charge in [-0.25, -0.2) is 0 Å². The van der Waals surface area contributed by atoms with Gasteiger partial charge in [0.05, 0.1) is 18.0 Å². The number of hydrogen-bond donors (Lipinski definition) is 0. The molecule has 0 saturated heterocycles. The summed E-state index contributed by atoms with van der Waals surface area (Å²) < 4.78 is 10.5. The molecule has 0 aromatic heterocycles. The highest BCUT2D eigenvalue weighted by Crippen LogP contribution is 2.40. The van der Waals surface area contributed by atoms with Gasteiger partial charge in [0.1, 0.15) is 0 Å². The number of para-hydroxylation sites is 1. The Hall–Kier alpha value is -0.220. The molecule has 1 aromatic rings. The first-order valence-electron chi connectivity index (χ1n) is 3.69. The van der Waals surface area contributed by atoms with Crippen LogP contribution in [0, 0.1) is 0 Å². The number of benzene rings is 1. The van der Waals surface area contributed by atoms with Crippen LogP contribution >= 0.6 is 31.9 Å². The third-order valence-corrected chi connectivity index (χ3v) is 2.66. The van der Waals surface area contributed by atoms with Crippen molar-refractivity contribution >= 4 is 31.9 Å². The molecule has 0 fully saturated rings. The van der Waals surface area contributed by atoms with Crippen LogP contribution in [-0.2, 0) is 0 Å². The summed E-state index contributed by atoms with van der Waals surface area (Å²) in [7, 11) is 3.25. The van der Waals surface area contributed by atoms with Gasteiger partial charge < -0.3 is 9.47 Å². The molecule has 0 unspecified atom stereocenters. The molecule has 2 nitrogen and oxygen atoms in total. The Morgan fingerprint density at radius 1 is 1.15 bits per heavy atom. The fraction of sp³-hybridized carbons (Fsp3) is 0.333. The van der Waals surface area contributed by atoms with E-state index in [0.717, 1.165) is 17.1 Å². The fourth-order valence-corrected chi connectivity index (χ4v) is 1.80. The molecule has 0 radical (unpaired) electrons. The van der Waals surface area contributed by atoms with Crippen molar-refractivity contribution in [2.24, 2.45) is 0 Å². The molecule has 4 heteroatoms. The van der Waals surface area contributed by atoms with Crippen LogP contribution in [0.3, 0.4) is 0 Å². The second kappa shape index (κ2) is 4.86. The molecule has 13 heavy (non-hydrogen) atoms. The number of rotatable bonds is 3. The van der Waals surface area contributed by atoms with Gasteiger partial charge >= 0.3 is 0 Å². The predicted molar refractivity (Wildman–Crippen MR) is 60.1 cm³/mol. The third-order valence-electron chi connectivity index (χ3n) is 1.67. The summed E-state index contributed by atoms with van der Waals surface area (Å²) in [5.74, 6) is 1.49. The number of methoxy groups -OCH3 is 2. The van der Waals surface area contributed by atoms with Gasteiger partial charge in [-0.3, -0.25) is 0 Å². The number of hydrogen-bond acceptors (Lipinski definition) is 2. The molecule has 0 aliphatic rings. The molecule has 0 atom stereocenters. The smallest absolute Gasteiger partial charge is 0.165 e. The first kappa shape index (κ1) is 10.9. The van der Waals surface area contributed by atoms with Gasteiger partial charge in [0.15, 0.2) is 11.5 Å². The Kier molecular flexibility index (Phi) is 4.06. The van der Waals surface area contributed by atoms with Gasteiger partial charge in [0.2, 0.25) is 0 Å². The lowest BCUT2D eigenvalue weighted by atomic mass is 10.2. The van der Waals surface area contributed by atoms with Crippen molar-refractivity contribution in [3.63, 3.8) is 0 Å². The van der Waals surface area contributed by atoms with E-state index in [2.05, 4.69) is 31.9 Å². The zero-order valence-corrected chi connectivity index (χ0v) is 10.6. The van der Waals surface area contributed by atoms with Crippen LogP contribution < -0.4 is 9.47 Å². The molecular weight excluding hydrogens is 300 g/mol. The van der Waals surface area contributed by atoms with E-state index < -0.39 is 0 Å². The molecule has 0 bridgehead atoms. The van der Waals surface area contributed by atoms with E-state index in [-0.39, 0.29) is 3.74 Å². The molecule has 0 saturated carbocycles. The summed E-state index contributed by atoms with van der Waals surface area (Å²) in [6.07, 6.45) is 0. The molecule has 72 valence electrons.